The lowest BCUT2D eigenvalue weighted by atomic mass is 10.0. The molecule has 0 radical (unpaired) electrons. The second-order valence-corrected chi connectivity index (χ2v) is 6.10. The Bertz CT molecular complexity index is 711. The zero-order valence-electron chi connectivity index (χ0n) is 13.7. The molecular weight excluding hydrogens is 306 g/mol. The molecule has 0 unspecified atom stereocenters. The summed E-state index contributed by atoms with van der Waals surface area (Å²) in [5.74, 6) is -0.299. The standard InChI is InChI=1S/C18H21N3O3/c1-13-12-16(20-24-13)19-17(22)18(23)21-11-5-8-15(21)10-9-14-6-3-2-4-7-14/h2-4,6-7,12,15H,5,8-11H2,1H3,(H,19,20,22)/t15-/m0/s1. The highest BCUT2D eigenvalue weighted by Crippen LogP contribution is 2.22. The number of benzene rings is 1. The number of likely N-dealkylation sites (tertiary alicyclic amines) is 1. The van der Waals surface area contributed by atoms with Crippen molar-refractivity contribution < 1.29 is 14.1 Å². The molecule has 0 bridgehead atoms. The number of aryl methyl sites for hydroxylation is 2. The summed E-state index contributed by atoms with van der Waals surface area (Å²) in [6.07, 6.45) is 3.64. The van der Waals surface area contributed by atoms with Crippen LogP contribution in [0.3, 0.4) is 0 Å². The number of hydrogen-bond donors (Lipinski definition) is 1. The van der Waals surface area contributed by atoms with E-state index in [1.165, 1.54) is 5.56 Å². The Kier molecular flexibility index (Phi) is 4.93. The predicted molar refractivity (Wildman–Crippen MR) is 89.4 cm³/mol. The van der Waals surface area contributed by atoms with Gasteiger partial charge in [0.25, 0.3) is 0 Å². The van der Waals surface area contributed by atoms with E-state index in [1.807, 2.05) is 18.2 Å². The van der Waals surface area contributed by atoms with Gasteiger partial charge in [0.05, 0.1) is 0 Å². The predicted octanol–water partition coefficient (Wildman–Crippen LogP) is 2.55. The van der Waals surface area contributed by atoms with Crippen molar-refractivity contribution in [2.75, 3.05) is 11.9 Å². The summed E-state index contributed by atoms with van der Waals surface area (Å²) >= 11 is 0. The van der Waals surface area contributed by atoms with E-state index in [2.05, 4.69) is 22.6 Å². The zero-order valence-corrected chi connectivity index (χ0v) is 13.7. The molecule has 1 aromatic carbocycles. The maximum Gasteiger partial charge on any atom is 0.315 e. The molecule has 1 aliphatic rings. The van der Waals surface area contributed by atoms with Crippen LogP contribution < -0.4 is 5.32 Å². The summed E-state index contributed by atoms with van der Waals surface area (Å²) in [6.45, 7) is 2.36. The van der Waals surface area contributed by atoms with Crippen LogP contribution in [0.2, 0.25) is 0 Å². The molecule has 24 heavy (non-hydrogen) atoms. The summed E-state index contributed by atoms with van der Waals surface area (Å²) in [5.41, 5.74) is 1.25. The SMILES string of the molecule is Cc1cc(NC(=O)C(=O)N2CCC[C@H]2CCc2ccccc2)no1. The first-order valence-corrected chi connectivity index (χ1v) is 8.22. The number of amides is 2. The van der Waals surface area contributed by atoms with Gasteiger partial charge in [-0.2, -0.15) is 0 Å². The van der Waals surface area contributed by atoms with Crippen LogP contribution in [0.1, 0.15) is 30.6 Å². The fourth-order valence-electron chi connectivity index (χ4n) is 3.11. The van der Waals surface area contributed by atoms with Crippen molar-refractivity contribution in [3.63, 3.8) is 0 Å². The van der Waals surface area contributed by atoms with Gasteiger partial charge in [-0.05, 0) is 38.2 Å². The van der Waals surface area contributed by atoms with Gasteiger partial charge in [-0.3, -0.25) is 14.9 Å². The van der Waals surface area contributed by atoms with Crippen molar-refractivity contribution in [1.29, 1.82) is 0 Å². The van der Waals surface area contributed by atoms with Crippen molar-refractivity contribution >= 4 is 17.6 Å². The fraction of sp³-hybridized carbons (Fsp3) is 0.389. The molecule has 2 amide bonds. The number of anilines is 1. The topological polar surface area (TPSA) is 75.4 Å². The van der Waals surface area contributed by atoms with Crippen LogP contribution in [-0.4, -0.2) is 34.5 Å². The molecule has 2 heterocycles. The smallest absolute Gasteiger partial charge is 0.315 e. The summed E-state index contributed by atoms with van der Waals surface area (Å²) in [5, 5.41) is 6.18. The van der Waals surface area contributed by atoms with Gasteiger partial charge in [0.15, 0.2) is 5.82 Å². The third-order valence-electron chi connectivity index (χ3n) is 4.31. The Balaban J connectivity index is 1.57. The monoisotopic (exact) mass is 327 g/mol. The van der Waals surface area contributed by atoms with Gasteiger partial charge in [0, 0.05) is 18.7 Å². The van der Waals surface area contributed by atoms with E-state index in [0.29, 0.717) is 12.3 Å². The summed E-state index contributed by atoms with van der Waals surface area (Å²) in [7, 11) is 0. The molecule has 0 aliphatic carbocycles. The summed E-state index contributed by atoms with van der Waals surface area (Å²) < 4.78 is 4.89. The third kappa shape index (κ3) is 3.82. The Morgan fingerprint density at radius 2 is 2.12 bits per heavy atom. The second-order valence-electron chi connectivity index (χ2n) is 6.10. The number of rotatable bonds is 4. The third-order valence-corrected chi connectivity index (χ3v) is 4.31. The molecule has 6 heteroatoms. The van der Waals surface area contributed by atoms with Crippen LogP contribution in [0, 0.1) is 6.92 Å². The number of carbonyl (C=O) groups is 2. The molecule has 6 nitrogen and oxygen atoms in total. The Hall–Kier alpha value is -2.63. The number of aromatic nitrogens is 1. The van der Waals surface area contributed by atoms with Gasteiger partial charge in [-0.1, -0.05) is 35.5 Å². The molecule has 3 rings (SSSR count). The first-order chi connectivity index (χ1) is 11.6. The minimum atomic E-state index is -0.657. The number of hydrogen-bond acceptors (Lipinski definition) is 4. The average molecular weight is 327 g/mol. The van der Waals surface area contributed by atoms with Crippen molar-refractivity contribution in [1.82, 2.24) is 10.1 Å². The molecule has 1 aromatic heterocycles. The quantitative estimate of drug-likeness (QED) is 0.876. The van der Waals surface area contributed by atoms with Gasteiger partial charge in [0.2, 0.25) is 0 Å². The highest BCUT2D eigenvalue weighted by molar-refractivity contribution is 6.39. The number of carbonyl (C=O) groups excluding carboxylic acids is 2. The van der Waals surface area contributed by atoms with Crippen LogP contribution in [0.25, 0.3) is 0 Å². The van der Waals surface area contributed by atoms with E-state index in [9.17, 15) is 9.59 Å². The van der Waals surface area contributed by atoms with Crippen LogP contribution in [-0.2, 0) is 16.0 Å². The van der Waals surface area contributed by atoms with Crippen LogP contribution in [0.4, 0.5) is 5.82 Å². The zero-order chi connectivity index (χ0) is 16.9. The molecule has 1 atom stereocenters. The summed E-state index contributed by atoms with van der Waals surface area (Å²) in [6, 6.07) is 11.9. The van der Waals surface area contributed by atoms with Gasteiger partial charge >= 0.3 is 11.8 Å². The second kappa shape index (κ2) is 7.29. The minimum absolute atomic E-state index is 0.113. The van der Waals surface area contributed by atoms with Crippen molar-refractivity contribution in [3.8, 4) is 0 Å². The maximum absolute atomic E-state index is 12.4. The average Bonchev–Trinajstić information content (AvgIpc) is 3.22. The summed E-state index contributed by atoms with van der Waals surface area (Å²) in [4.78, 5) is 26.3. The van der Waals surface area contributed by atoms with Gasteiger partial charge in [-0.15, -0.1) is 0 Å². The van der Waals surface area contributed by atoms with E-state index in [4.69, 9.17) is 4.52 Å². The van der Waals surface area contributed by atoms with Gasteiger partial charge in [0.1, 0.15) is 5.76 Å². The molecule has 1 aliphatic heterocycles. The lowest BCUT2D eigenvalue weighted by Gasteiger charge is -2.24. The lowest BCUT2D eigenvalue weighted by molar-refractivity contribution is -0.143. The van der Waals surface area contributed by atoms with Crippen molar-refractivity contribution in [2.24, 2.45) is 0 Å². The van der Waals surface area contributed by atoms with Crippen LogP contribution in [0.5, 0.6) is 0 Å². The number of nitrogens with one attached hydrogen (secondary N) is 1. The molecule has 1 fully saturated rings. The van der Waals surface area contributed by atoms with E-state index in [1.54, 1.807) is 17.9 Å². The van der Waals surface area contributed by atoms with E-state index >= 15 is 0 Å². The Morgan fingerprint density at radius 3 is 2.83 bits per heavy atom. The number of nitrogens with zero attached hydrogens (tertiary/aromatic N) is 2. The van der Waals surface area contributed by atoms with Crippen LogP contribution in [0.15, 0.2) is 40.9 Å². The first-order valence-electron chi connectivity index (χ1n) is 8.22. The van der Waals surface area contributed by atoms with E-state index in [-0.39, 0.29) is 11.9 Å². The maximum atomic E-state index is 12.4. The molecule has 1 saturated heterocycles. The molecular formula is C18H21N3O3. The molecule has 0 saturated carbocycles. The van der Waals surface area contributed by atoms with E-state index < -0.39 is 11.8 Å². The fourth-order valence-corrected chi connectivity index (χ4v) is 3.11. The Labute approximate surface area is 140 Å². The highest BCUT2D eigenvalue weighted by Gasteiger charge is 2.32. The molecule has 0 spiro atoms. The molecule has 2 aromatic rings. The first kappa shape index (κ1) is 16.2. The Morgan fingerprint density at radius 1 is 1.33 bits per heavy atom. The lowest BCUT2D eigenvalue weighted by Crippen LogP contribution is -2.42. The molecule has 1 N–H and O–H groups in total. The highest BCUT2D eigenvalue weighted by atomic mass is 16.5. The van der Waals surface area contributed by atoms with Crippen molar-refractivity contribution in [2.45, 2.75) is 38.6 Å². The van der Waals surface area contributed by atoms with Crippen molar-refractivity contribution in [3.05, 3.63) is 47.7 Å². The van der Waals surface area contributed by atoms with Gasteiger partial charge < -0.3 is 9.42 Å². The van der Waals surface area contributed by atoms with Gasteiger partial charge in [-0.25, -0.2) is 0 Å². The molecule has 126 valence electrons. The van der Waals surface area contributed by atoms with E-state index in [0.717, 1.165) is 25.7 Å². The largest absolute Gasteiger partial charge is 0.360 e. The minimum Gasteiger partial charge on any atom is -0.360 e. The normalized spacial score (nSPS) is 17.0. The van der Waals surface area contributed by atoms with Crippen LogP contribution >= 0.6 is 0 Å².